The van der Waals surface area contributed by atoms with E-state index in [1.54, 1.807) is 0 Å². The number of benzene rings is 10. The average molecular weight is 1300 g/mol. The van der Waals surface area contributed by atoms with Gasteiger partial charge in [0, 0.05) is 11.9 Å². The minimum absolute atomic E-state index is 0.0365. The third-order valence-electron chi connectivity index (χ3n) is 17.5. The molecule has 2 aromatic heterocycles. The molecule has 0 radical (unpaired) electrons. The molecular formula is C79H69N5OPt. The summed E-state index contributed by atoms with van der Waals surface area (Å²) in [5.74, 6) is 2.31. The average Bonchev–Trinajstić information content (AvgIpc) is 0.803. The standard InChI is InChI=1S/C79H69N5O.Pt/c1-76(2,3)55-30-24-31-58(46-55)83-68-37-19-16-34-64(68)79(65-35-17-20-38-69(65)83)66-36-18-21-39-70(66)84(74-49-56(44-45-80-74)77(4,5)6)73-51-60(42-43-67(73)79)85-61-48-57(78(7,8)9)47-59(50-61)81-52-82(72-41-23-22-40-71(72)81)75-62(53-26-12-10-13-27-53)32-25-33-63(75)54-28-14-11-15-29-54;/h10-51H,1-9H3;. The first-order valence-corrected chi connectivity index (χ1v) is 31.0. The molecule has 12 aromatic rings. The molecule has 14 rings (SSSR count). The molecule has 6 nitrogen and oxygen atoms in total. The number of pyridine rings is 1. The fourth-order valence-electron chi connectivity index (χ4n) is 13.2. The van der Waals surface area contributed by atoms with Crippen molar-refractivity contribution in [3.05, 3.63) is 298 Å². The van der Waals surface area contributed by atoms with Crippen molar-refractivity contribution in [2.75, 3.05) is 9.80 Å². The van der Waals surface area contributed by atoms with Crippen LogP contribution in [0.2, 0.25) is 0 Å². The molecule has 0 aliphatic carbocycles. The van der Waals surface area contributed by atoms with Gasteiger partial charge in [0.05, 0.1) is 11.4 Å². The van der Waals surface area contributed by atoms with Crippen molar-refractivity contribution >= 4 is 45.3 Å². The summed E-state index contributed by atoms with van der Waals surface area (Å²) in [7, 11) is 0. The Morgan fingerprint density at radius 2 is 0.860 bits per heavy atom. The van der Waals surface area contributed by atoms with E-state index >= 15 is 0 Å². The van der Waals surface area contributed by atoms with Crippen LogP contribution in [0.1, 0.15) is 101 Å². The molecule has 10 aromatic carbocycles. The molecule has 7 heteroatoms. The minimum atomic E-state index is -0.756. The molecule has 426 valence electrons. The molecule has 4 heterocycles. The van der Waals surface area contributed by atoms with Crippen LogP contribution in [0.25, 0.3) is 44.7 Å². The summed E-state index contributed by atoms with van der Waals surface area (Å²) in [5, 5.41) is 0. The zero-order valence-corrected chi connectivity index (χ0v) is 52.5. The summed E-state index contributed by atoms with van der Waals surface area (Å²) in [4.78, 5) is 10.1. The predicted octanol–water partition coefficient (Wildman–Crippen LogP) is 20.9. The summed E-state index contributed by atoms with van der Waals surface area (Å²) in [6.45, 7) is 20.5. The third kappa shape index (κ3) is 9.11. The van der Waals surface area contributed by atoms with Gasteiger partial charge in [-0.3, -0.25) is 0 Å². The maximum atomic E-state index is 7.44. The molecule has 0 amide bonds. The molecule has 0 N–H and O–H groups in total. The van der Waals surface area contributed by atoms with Crippen molar-refractivity contribution in [1.29, 1.82) is 0 Å². The fourth-order valence-corrected chi connectivity index (χ4v) is 14.3. The fraction of sp³-hybridized carbons (Fsp3) is 0.165. The number of hydrogen-bond donors (Lipinski definition) is 0. The van der Waals surface area contributed by atoms with Gasteiger partial charge in [0.25, 0.3) is 0 Å². The quantitative estimate of drug-likeness (QED) is 0.152. The third-order valence-corrected chi connectivity index (χ3v) is 18.5. The Hall–Kier alpha value is -9.09. The smallest absolute Gasteiger partial charge is 0.0343 e. The minimum Gasteiger partial charge on any atom is -0.0343 e. The topological polar surface area (TPSA) is 38.5 Å². The normalized spacial score (nSPS) is 13.5. The van der Waals surface area contributed by atoms with Crippen LogP contribution in [-0.2, 0) is 41.0 Å². The van der Waals surface area contributed by atoms with Crippen molar-refractivity contribution in [1.82, 2.24) is 14.1 Å². The Labute approximate surface area is 516 Å². The second kappa shape index (κ2) is 20.9. The van der Waals surface area contributed by atoms with Gasteiger partial charge >= 0.3 is 331 Å². The van der Waals surface area contributed by atoms with E-state index in [9.17, 15) is 0 Å². The van der Waals surface area contributed by atoms with Gasteiger partial charge in [0.2, 0.25) is 0 Å². The van der Waals surface area contributed by atoms with Gasteiger partial charge in [-0.1, -0.05) is 108 Å². The van der Waals surface area contributed by atoms with Crippen molar-refractivity contribution in [3.63, 3.8) is 0 Å². The molecule has 0 saturated heterocycles. The number of para-hydroxylation sites is 6. The summed E-state index contributed by atoms with van der Waals surface area (Å²) < 4.78 is 13.3. The molecule has 1 spiro atoms. The summed E-state index contributed by atoms with van der Waals surface area (Å²) in [5.41, 5.74) is 21.6. The van der Waals surface area contributed by atoms with Gasteiger partial charge < -0.3 is 4.90 Å². The second-order valence-corrected chi connectivity index (χ2v) is 27.0. The van der Waals surface area contributed by atoms with Crippen LogP contribution < -0.4 is 14.5 Å². The largest absolute Gasteiger partial charge is 0.0343 e. The van der Waals surface area contributed by atoms with Crippen LogP contribution in [0.5, 0.6) is 11.5 Å². The van der Waals surface area contributed by atoms with Crippen LogP contribution in [0, 0.1) is 3.80 Å². The number of imidazole rings is 1. The number of hydrogen-bond acceptors (Lipinski definition) is 4. The van der Waals surface area contributed by atoms with Crippen molar-refractivity contribution in [2.24, 2.45) is 0 Å². The van der Waals surface area contributed by atoms with E-state index in [1.165, 1.54) is 27.8 Å². The number of ether oxygens (including phenoxy) is 1. The zero-order chi connectivity index (χ0) is 59.3. The molecular weight excluding hydrogens is 1230 g/mol. The van der Waals surface area contributed by atoms with E-state index in [2.05, 4.69) is 349 Å². The van der Waals surface area contributed by atoms with Crippen LogP contribution in [0.15, 0.2) is 255 Å². The van der Waals surface area contributed by atoms with E-state index in [1.807, 2.05) is 6.20 Å². The van der Waals surface area contributed by atoms with Crippen LogP contribution in [-0.4, -0.2) is 14.1 Å². The van der Waals surface area contributed by atoms with Gasteiger partial charge in [-0.2, -0.15) is 0 Å². The van der Waals surface area contributed by atoms with E-state index in [4.69, 9.17) is 9.72 Å². The maximum Gasteiger partial charge on any atom is -0.0343 e. The van der Waals surface area contributed by atoms with E-state index in [-0.39, 0.29) is 16.2 Å². The molecule has 0 fully saturated rings. The van der Waals surface area contributed by atoms with Crippen molar-refractivity contribution in [2.45, 2.75) is 84.0 Å². The number of anilines is 6. The summed E-state index contributed by atoms with van der Waals surface area (Å²) in [6.07, 6.45) is 1.97. The zero-order valence-electron chi connectivity index (χ0n) is 50.2. The Balaban J connectivity index is 0.982. The molecule has 0 bridgehead atoms. The molecule has 2 aliphatic heterocycles. The van der Waals surface area contributed by atoms with Gasteiger partial charge in [-0.15, -0.1) is 0 Å². The Morgan fingerprint density at radius 3 is 1.44 bits per heavy atom. The van der Waals surface area contributed by atoms with Crippen LogP contribution in [0.4, 0.5) is 34.3 Å². The van der Waals surface area contributed by atoms with Gasteiger partial charge in [-0.05, 0) is 52.3 Å². The molecule has 86 heavy (non-hydrogen) atoms. The molecule has 0 atom stereocenters. The maximum absolute atomic E-state index is 7.44. The number of fused-ring (bicyclic) bond motifs is 9. The first kappa shape index (κ1) is 54.8. The van der Waals surface area contributed by atoms with Crippen LogP contribution >= 0.6 is 0 Å². The first-order chi connectivity index (χ1) is 41.5. The Bertz CT molecular complexity index is 4540. The molecule has 0 saturated carbocycles. The summed E-state index contributed by atoms with van der Waals surface area (Å²) >= 11 is 2.55. The number of nitrogens with zero attached hydrogens (tertiary/aromatic N) is 5. The van der Waals surface area contributed by atoms with E-state index in [0.29, 0.717) is 0 Å². The Kier molecular flexibility index (Phi) is 13.3. The number of rotatable bonds is 8. The van der Waals surface area contributed by atoms with E-state index in [0.717, 1.165) is 105 Å². The monoisotopic (exact) mass is 1300 g/mol. The molecule has 2 aliphatic rings. The Morgan fingerprint density at radius 1 is 0.372 bits per heavy atom. The SMILES string of the molecule is CC(C)(C)c1cccc(N2c3ccccc3C3(c4ccccc42)c2ccccc2N(c2cc(C(C)(C)C)ccn2)c2cc(Oc4cc(-n5[c](=[Pt])n(-c6c(-c7ccccc7)cccc6-c6ccccc6)c6ccccc65)cc(C(C)(C)C)c4)ccc23)c1. The summed E-state index contributed by atoms with van der Waals surface area (Å²) in [6, 6.07) is 91.2. The van der Waals surface area contributed by atoms with Crippen molar-refractivity contribution in [3.8, 4) is 45.1 Å². The van der Waals surface area contributed by atoms with Gasteiger partial charge in [0.15, 0.2) is 0 Å². The predicted molar refractivity (Wildman–Crippen MR) is 352 cm³/mol. The van der Waals surface area contributed by atoms with Gasteiger partial charge in [0.1, 0.15) is 0 Å². The van der Waals surface area contributed by atoms with E-state index < -0.39 is 5.41 Å². The van der Waals surface area contributed by atoms with Crippen LogP contribution in [0.3, 0.4) is 0 Å². The second-order valence-electron chi connectivity index (χ2n) is 26.0. The van der Waals surface area contributed by atoms with Crippen molar-refractivity contribution < 1.29 is 24.1 Å². The number of aromatic nitrogens is 3. The van der Waals surface area contributed by atoms with Gasteiger partial charge in [-0.25, -0.2) is 0 Å². The molecule has 0 unspecified atom stereocenters. The first-order valence-electron chi connectivity index (χ1n) is 29.8.